The van der Waals surface area contributed by atoms with E-state index in [2.05, 4.69) is 53.9 Å². The molecule has 4 nitrogen and oxygen atoms in total. The summed E-state index contributed by atoms with van der Waals surface area (Å²) in [5.74, 6) is 1.28. The van der Waals surface area contributed by atoms with Crippen molar-refractivity contribution < 1.29 is 4.79 Å². The Morgan fingerprint density at radius 1 is 1.40 bits per heavy atom. The molecule has 2 heterocycles. The number of hydrogen-bond donors (Lipinski definition) is 3. The van der Waals surface area contributed by atoms with Crippen LogP contribution in [0, 0.1) is 18.8 Å². The molecular formula is C20H30ClN3O. The van der Waals surface area contributed by atoms with E-state index in [1.807, 2.05) is 0 Å². The van der Waals surface area contributed by atoms with Crippen LogP contribution in [-0.4, -0.2) is 30.5 Å². The van der Waals surface area contributed by atoms with E-state index >= 15 is 0 Å². The van der Waals surface area contributed by atoms with Crippen LogP contribution >= 0.6 is 12.4 Å². The third kappa shape index (κ3) is 4.99. The smallest absolute Gasteiger partial charge is 0.220 e. The number of rotatable bonds is 6. The first-order chi connectivity index (χ1) is 11.6. The summed E-state index contributed by atoms with van der Waals surface area (Å²) in [6.07, 6.45) is 6.06. The van der Waals surface area contributed by atoms with Gasteiger partial charge in [-0.15, -0.1) is 12.4 Å². The van der Waals surface area contributed by atoms with Gasteiger partial charge in [-0.05, 0) is 68.3 Å². The number of nitrogens with one attached hydrogen (secondary N) is 3. The minimum absolute atomic E-state index is 0. The molecule has 1 aliphatic rings. The highest BCUT2D eigenvalue weighted by Gasteiger charge is 2.21. The monoisotopic (exact) mass is 363 g/mol. The standard InChI is InChI=1S/C20H29N3O.ClH/c1-14-5-3-7-18-20(14)17(13-23-18)8-10-22-19(24)11-15(2)16-6-4-9-21-12-16;/h3,5,7,13,15-16,21,23H,4,6,8-12H2,1-2H3,(H,22,24);1H. The molecule has 3 N–H and O–H groups in total. The quantitative estimate of drug-likeness (QED) is 0.734. The summed E-state index contributed by atoms with van der Waals surface area (Å²) < 4.78 is 0. The first-order valence-electron chi connectivity index (χ1n) is 9.18. The summed E-state index contributed by atoms with van der Waals surface area (Å²) in [7, 11) is 0. The maximum atomic E-state index is 12.2. The summed E-state index contributed by atoms with van der Waals surface area (Å²) >= 11 is 0. The van der Waals surface area contributed by atoms with Crippen LogP contribution in [0.25, 0.3) is 10.9 Å². The van der Waals surface area contributed by atoms with Gasteiger partial charge in [0.05, 0.1) is 0 Å². The Hall–Kier alpha value is -1.52. The number of amides is 1. The predicted octanol–water partition coefficient (Wildman–Crippen LogP) is 3.58. The highest BCUT2D eigenvalue weighted by molar-refractivity contribution is 5.86. The van der Waals surface area contributed by atoms with Crippen molar-refractivity contribution in [1.82, 2.24) is 15.6 Å². The van der Waals surface area contributed by atoms with Gasteiger partial charge in [0.25, 0.3) is 0 Å². The lowest BCUT2D eigenvalue weighted by atomic mass is 9.85. The van der Waals surface area contributed by atoms with Crippen molar-refractivity contribution >= 4 is 29.2 Å². The molecule has 2 atom stereocenters. The molecule has 0 aliphatic carbocycles. The molecule has 5 heteroatoms. The highest BCUT2D eigenvalue weighted by Crippen LogP contribution is 2.23. The van der Waals surface area contributed by atoms with E-state index in [1.165, 1.54) is 34.9 Å². The van der Waals surface area contributed by atoms with Crippen molar-refractivity contribution in [2.24, 2.45) is 11.8 Å². The van der Waals surface area contributed by atoms with Gasteiger partial charge in [0.2, 0.25) is 5.91 Å². The molecule has 0 radical (unpaired) electrons. The molecule has 1 aromatic carbocycles. The highest BCUT2D eigenvalue weighted by atomic mass is 35.5. The predicted molar refractivity (Wildman–Crippen MR) is 106 cm³/mol. The number of fused-ring (bicyclic) bond motifs is 1. The fourth-order valence-electron chi connectivity index (χ4n) is 3.88. The zero-order valence-electron chi connectivity index (χ0n) is 15.2. The van der Waals surface area contributed by atoms with Crippen LogP contribution in [0.5, 0.6) is 0 Å². The summed E-state index contributed by atoms with van der Waals surface area (Å²) in [5, 5.41) is 7.84. The molecule has 0 saturated carbocycles. The van der Waals surface area contributed by atoms with Crippen LogP contribution in [0.2, 0.25) is 0 Å². The molecule has 1 fully saturated rings. The molecule has 3 rings (SSSR count). The Labute approximate surface area is 156 Å². The van der Waals surface area contributed by atoms with Gasteiger partial charge in [0, 0.05) is 30.1 Å². The normalized spacial score (nSPS) is 18.6. The number of halogens is 1. The van der Waals surface area contributed by atoms with Gasteiger partial charge in [0.1, 0.15) is 0 Å². The van der Waals surface area contributed by atoms with Gasteiger partial charge >= 0.3 is 0 Å². The van der Waals surface area contributed by atoms with Gasteiger partial charge in [-0.25, -0.2) is 0 Å². The summed E-state index contributed by atoms with van der Waals surface area (Å²) in [6, 6.07) is 6.31. The van der Waals surface area contributed by atoms with Gasteiger partial charge in [-0.1, -0.05) is 19.1 Å². The maximum Gasteiger partial charge on any atom is 0.220 e. The Balaban J connectivity index is 0.00000225. The lowest BCUT2D eigenvalue weighted by molar-refractivity contribution is -0.122. The molecule has 0 bridgehead atoms. The number of carbonyl (C=O) groups is 1. The third-order valence-corrected chi connectivity index (χ3v) is 5.36. The average Bonchev–Trinajstić information content (AvgIpc) is 3.00. The van der Waals surface area contributed by atoms with Crippen molar-refractivity contribution in [2.75, 3.05) is 19.6 Å². The number of aromatic amines is 1. The molecule has 25 heavy (non-hydrogen) atoms. The number of carbonyl (C=O) groups excluding carboxylic acids is 1. The summed E-state index contributed by atoms with van der Waals surface area (Å²) in [4.78, 5) is 15.5. The SMILES string of the molecule is Cc1cccc2[nH]cc(CCNC(=O)CC(C)C3CCCNC3)c12.Cl. The van der Waals surface area contributed by atoms with E-state index in [0.29, 0.717) is 24.8 Å². The zero-order chi connectivity index (χ0) is 16.9. The molecule has 138 valence electrons. The van der Waals surface area contributed by atoms with Crippen LogP contribution < -0.4 is 10.6 Å². The number of aromatic nitrogens is 1. The topological polar surface area (TPSA) is 56.9 Å². The summed E-state index contributed by atoms with van der Waals surface area (Å²) in [5.41, 5.74) is 3.75. The number of piperidine rings is 1. The van der Waals surface area contributed by atoms with Crippen molar-refractivity contribution in [3.63, 3.8) is 0 Å². The second-order valence-corrected chi connectivity index (χ2v) is 7.20. The van der Waals surface area contributed by atoms with Gasteiger partial charge < -0.3 is 15.6 Å². The lowest BCUT2D eigenvalue weighted by Gasteiger charge is -2.28. The fourth-order valence-corrected chi connectivity index (χ4v) is 3.88. The minimum Gasteiger partial charge on any atom is -0.361 e. The lowest BCUT2D eigenvalue weighted by Crippen LogP contribution is -2.36. The number of H-pyrrole nitrogens is 1. The fraction of sp³-hybridized carbons (Fsp3) is 0.550. The van der Waals surface area contributed by atoms with Crippen molar-refractivity contribution in [2.45, 2.75) is 39.5 Å². The first kappa shape index (κ1) is 19.8. The van der Waals surface area contributed by atoms with Crippen molar-refractivity contribution in [3.05, 3.63) is 35.5 Å². The van der Waals surface area contributed by atoms with Crippen LogP contribution in [0.15, 0.2) is 24.4 Å². The van der Waals surface area contributed by atoms with Gasteiger partial charge in [-0.2, -0.15) is 0 Å². The Morgan fingerprint density at radius 3 is 3.00 bits per heavy atom. The van der Waals surface area contributed by atoms with Gasteiger partial charge in [0.15, 0.2) is 0 Å². The van der Waals surface area contributed by atoms with Crippen LogP contribution in [-0.2, 0) is 11.2 Å². The molecule has 1 amide bonds. The largest absolute Gasteiger partial charge is 0.361 e. The minimum atomic E-state index is 0. The van der Waals surface area contributed by atoms with Crippen LogP contribution in [0.1, 0.15) is 37.3 Å². The molecular weight excluding hydrogens is 334 g/mol. The molecule has 1 aliphatic heterocycles. The van der Waals surface area contributed by atoms with E-state index < -0.39 is 0 Å². The Bertz CT molecular complexity index is 691. The van der Waals surface area contributed by atoms with E-state index in [9.17, 15) is 4.79 Å². The third-order valence-electron chi connectivity index (χ3n) is 5.36. The number of aryl methyl sites for hydroxylation is 1. The average molecular weight is 364 g/mol. The molecule has 2 aromatic rings. The van der Waals surface area contributed by atoms with Crippen molar-refractivity contribution in [3.8, 4) is 0 Å². The van der Waals surface area contributed by atoms with E-state index in [1.54, 1.807) is 0 Å². The maximum absolute atomic E-state index is 12.2. The second kappa shape index (κ2) is 9.25. The molecule has 2 unspecified atom stereocenters. The second-order valence-electron chi connectivity index (χ2n) is 7.20. The number of hydrogen-bond acceptors (Lipinski definition) is 2. The Kier molecular flexibility index (Phi) is 7.33. The van der Waals surface area contributed by atoms with Crippen LogP contribution in [0.3, 0.4) is 0 Å². The zero-order valence-corrected chi connectivity index (χ0v) is 16.0. The van der Waals surface area contributed by atoms with E-state index in [-0.39, 0.29) is 18.3 Å². The van der Waals surface area contributed by atoms with Crippen LogP contribution in [0.4, 0.5) is 0 Å². The number of benzene rings is 1. The van der Waals surface area contributed by atoms with E-state index in [4.69, 9.17) is 0 Å². The Morgan fingerprint density at radius 2 is 2.24 bits per heavy atom. The molecule has 0 spiro atoms. The molecule has 1 saturated heterocycles. The molecule has 1 aromatic heterocycles. The first-order valence-corrected chi connectivity index (χ1v) is 9.18. The van der Waals surface area contributed by atoms with E-state index in [0.717, 1.165) is 19.5 Å². The summed E-state index contributed by atoms with van der Waals surface area (Å²) in [6.45, 7) is 7.23. The van der Waals surface area contributed by atoms with Gasteiger partial charge in [-0.3, -0.25) is 4.79 Å². The van der Waals surface area contributed by atoms with Crippen molar-refractivity contribution in [1.29, 1.82) is 0 Å².